The molecule has 1 aromatic heterocycles. The first-order valence-corrected chi connectivity index (χ1v) is 23.5. The summed E-state index contributed by atoms with van der Waals surface area (Å²) in [6, 6.07) is 22.4. The van der Waals surface area contributed by atoms with Crippen LogP contribution in [0.15, 0.2) is 65.5 Å². The summed E-state index contributed by atoms with van der Waals surface area (Å²) in [6.45, 7) is 6.04. The van der Waals surface area contributed by atoms with E-state index in [1.807, 2.05) is 12.1 Å². The lowest BCUT2D eigenvalue weighted by Crippen LogP contribution is -2.43. The second-order valence-electron chi connectivity index (χ2n) is 19.1. The van der Waals surface area contributed by atoms with E-state index < -0.39 is 0 Å². The van der Waals surface area contributed by atoms with Crippen LogP contribution in [0.3, 0.4) is 0 Å². The molecule has 4 aliphatic heterocycles. The molecule has 10 rings (SSSR count). The maximum atomic E-state index is 13.4. The molecule has 6 aliphatic rings. The van der Waals surface area contributed by atoms with Gasteiger partial charge in [0.25, 0.3) is 5.56 Å². The zero-order chi connectivity index (χ0) is 40.1. The van der Waals surface area contributed by atoms with Gasteiger partial charge in [-0.15, -0.1) is 0 Å². The number of hydrogen-bond donors (Lipinski definition) is 1. The lowest BCUT2D eigenvalue weighted by molar-refractivity contribution is -0.134. The molecule has 4 aromatic rings. The molecule has 9 heteroatoms. The van der Waals surface area contributed by atoms with Gasteiger partial charge in [-0.3, -0.25) is 24.3 Å². The van der Waals surface area contributed by atoms with Gasteiger partial charge in [-0.05, 0) is 174 Å². The quantitative estimate of drug-likeness (QED) is 0.179. The second-order valence-corrected chi connectivity index (χ2v) is 19.5. The normalized spacial score (nSPS) is 25.6. The Kier molecular flexibility index (Phi) is 11.0. The van der Waals surface area contributed by atoms with Crippen molar-refractivity contribution in [2.45, 2.75) is 132 Å². The first-order chi connectivity index (χ1) is 28.8. The van der Waals surface area contributed by atoms with Crippen molar-refractivity contribution in [1.82, 2.24) is 24.7 Å². The number of carbonyl (C=O) groups is 2. The number of fused-ring (bicyclic) bond motifs is 7. The molecule has 2 saturated carbocycles. The van der Waals surface area contributed by atoms with E-state index in [0.29, 0.717) is 29.2 Å². The zero-order valence-electron chi connectivity index (χ0n) is 34.6. The van der Waals surface area contributed by atoms with Crippen LogP contribution in [0.5, 0.6) is 0 Å². The second kappa shape index (κ2) is 16.5. The number of rotatable bonds is 8. The molecule has 59 heavy (non-hydrogen) atoms. The van der Waals surface area contributed by atoms with E-state index in [1.165, 1.54) is 132 Å². The molecular formula is C50H60ClN5O3. The predicted octanol–water partition coefficient (Wildman–Crippen LogP) is 9.21. The SMILES string of the molecule is O=C1CCC(c2ccc(CC3CCN(CCC4CCC(N5CCC(c6ccc7c(c6)-n6c(nc(=O)c8c(Cl)cccc86)C76CCCCC6)CC5)CC4)CC3)cc2)C(=O)N1. The molecule has 5 fully saturated rings. The van der Waals surface area contributed by atoms with E-state index >= 15 is 0 Å². The van der Waals surface area contributed by atoms with Gasteiger partial charge in [0, 0.05) is 12.5 Å². The summed E-state index contributed by atoms with van der Waals surface area (Å²) in [5.74, 6) is 2.56. The van der Waals surface area contributed by atoms with Gasteiger partial charge in [0.15, 0.2) is 0 Å². The summed E-state index contributed by atoms with van der Waals surface area (Å²) in [6.07, 6.45) is 19.5. The van der Waals surface area contributed by atoms with Crippen LogP contribution in [-0.4, -0.2) is 69.9 Å². The van der Waals surface area contributed by atoms with Crippen molar-refractivity contribution in [3.63, 3.8) is 0 Å². The number of benzene rings is 3. The molecule has 1 N–H and O–H groups in total. The minimum absolute atomic E-state index is 0.155. The van der Waals surface area contributed by atoms with Gasteiger partial charge in [0.2, 0.25) is 11.8 Å². The summed E-state index contributed by atoms with van der Waals surface area (Å²) < 4.78 is 2.30. The summed E-state index contributed by atoms with van der Waals surface area (Å²) >= 11 is 6.63. The van der Waals surface area contributed by atoms with Gasteiger partial charge in [0.05, 0.1) is 32.9 Å². The van der Waals surface area contributed by atoms with Crippen LogP contribution in [0.25, 0.3) is 16.6 Å². The number of piperidine rings is 3. The molecule has 5 heterocycles. The van der Waals surface area contributed by atoms with Crippen LogP contribution in [0, 0.1) is 11.8 Å². The molecule has 2 aliphatic carbocycles. The summed E-state index contributed by atoms with van der Waals surface area (Å²) in [4.78, 5) is 47.6. The minimum atomic E-state index is -0.202. The lowest BCUT2D eigenvalue weighted by Gasteiger charge is -2.41. The number of nitrogens with one attached hydrogen (secondary N) is 1. The van der Waals surface area contributed by atoms with Gasteiger partial charge in [-0.2, -0.15) is 4.98 Å². The van der Waals surface area contributed by atoms with Crippen molar-refractivity contribution in [3.05, 3.63) is 104 Å². The van der Waals surface area contributed by atoms with Crippen LogP contribution in [0.1, 0.15) is 143 Å². The highest BCUT2D eigenvalue weighted by molar-refractivity contribution is 6.35. The number of carbonyl (C=O) groups excluding carboxylic acids is 2. The van der Waals surface area contributed by atoms with Gasteiger partial charge >= 0.3 is 0 Å². The number of hydrogen-bond acceptors (Lipinski definition) is 6. The number of amides is 2. The van der Waals surface area contributed by atoms with Crippen LogP contribution < -0.4 is 10.9 Å². The average Bonchev–Trinajstić information content (AvgIpc) is 3.51. The average molecular weight is 815 g/mol. The molecule has 0 bridgehead atoms. The Labute approximate surface area is 354 Å². The molecule has 8 nitrogen and oxygen atoms in total. The Morgan fingerprint density at radius 3 is 2.25 bits per heavy atom. The van der Waals surface area contributed by atoms with Crippen molar-refractivity contribution < 1.29 is 9.59 Å². The van der Waals surface area contributed by atoms with Crippen molar-refractivity contribution in [1.29, 1.82) is 0 Å². The van der Waals surface area contributed by atoms with E-state index in [4.69, 9.17) is 16.6 Å². The Morgan fingerprint density at radius 1 is 0.763 bits per heavy atom. The Bertz CT molecular complexity index is 2260. The number of likely N-dealkylation sites (tertiary alicyclic amines) is 2. The van der Waals surface area contributed by atoms with Gasteiger partial charge in [-0.25, -0.2) is 0 Å². The summed E-state index contributed by atoms with van der Waals surface area (Å²) in [5.41, 5.74) is 6.92. The van der Waals surface area contributed by atoms with E-state index in [0.717, 1.165) is 54.0 Å². The zero-order valence-corrected chi connectivity index (χ0v) is 35.4. The van der Waals surface area contributed by atoms with Crippen molar-refractivity contribution in [2.75, 3.05) is 32.7 Å². The largest absolute Gasteiger partial charge is 0.303 e. The summed E-state index contributed by atoms with van der Waals surface area (Å²) in [5, 5.41) is 3.51. The van der Waals surface area contributed by atoms with Crippen LogP contribution in [0.4, 0.5) is 0 Å². The third-order valence-corrected chi connectivity index (χ3v) is 16.1. The first-order valence-electron chi connectivity index (χ1n) is 23.1. The Hall–Kier alpha value is -3.85. The molecule has 2 amide bonds. The van der Waals surface area contributed by atoms with Crippen LogP contribution in [0.2, 0.25) is 5.02 Å². The highest BCUT2D eigenvalue weighted by Gasteiger charge is 2.47. The smallest absolute Gasteiger partial charge is 0.282 e. The molecule has 310 valence electrons. The molecule has 0 radical (unpaired) electrons. The number of halogens is 1. The highest BCUT2D eigenvalue weighted by atomic mass is 35.5. The topological polar surface area (TPSA) is 87.5 Å². The highest BCUT2D eigenvalue weighted by Crippen LogP contribution is 2.52. The molecular weight excluding hydrogens is 754 g/mol. The first kappa shape index (κ1) is 39.3. The Balaban J connectivity index is 0.693. The Morgan fingerprint density at radius 2 is 1.51 bits per heavy atom. The van der Waals surface area contributed by atoms with Crippen molar-refractivity contribution in [2.24, 2.45) is 11.8 Å². The number of imide groups is 1. The fraction of sp³-hybridized carbons (Fsp3) is 0.560. The fourth-order valence-corrected chi connectivity index (χ4v) is 12.6. The van der Waals surface area contributed by atoms with E-state index in [-0.39, 0.29) is 28.7 Å². The molecule has 1 atom stereocenters. The number of nitrogens with zero attached hydrogens (tertiary/aromatic N) is 4. The lowest BCUT2D eigenvalue weighted by atomic mass is 9.69. The monoisotopic (exact) mass is 813 g/mol. The third kappa shape index (κ3) is 7.61. The third-order valence-electron chi connectivity index (χ3n) is 15.8. The molecule has 3 saturated heterocycles. The van der Waals surface area contributed by atoms with Crippen molar-refractivity contribution >= 4 is 34.3 Å². The standard InChI is InChI=1S/C50H60ClN5O3/c51-42-5-4-6-43-46(42)48(59)53-49-50(24-2-1-3-25-50)41-17-13-38(32-44(41)56(43)49)36-22-29-55(30-23-36)39-14-9-33(10-15-39)19-26-54-27-20-35(21-28-54)31-34-7-11-37(12-8-34)40-16-18-45(57)52-47(40)58/h4-8,11-13,17,32-33,35-36,39-40H,1-3,9-10,14-16,18-31H2,(H,52,57,58). The van der Waals surface area contributed by atoms with Gasteiger partial charge in [-0.1, -0.05) is 73.3 Å². The van der Waals surface area contributed by atoms with E-state index in [2.05, 4.69) is 68.2 Å². The maximum Gasteiger partial charge on any atom is 0.282 e. The van der Waals surface area contributed by atoms with Gasteiger partial charge < -0.3 is 9.80 Å². The predicted molar refractivity (Wildman–Crippen MR) is 235 cm³/mol. The van der Waals surface area contributed by atoms with Crippen LogP contribution in [-0.2, 0) is 21.4 Å². The number of aromatic nitrogens is 2. The maximum absolute atomic E-state index is 13.4. The van der Waals surface area contributed by atoms with E-state index in [9.17, 15) is 14.4 Å². The minimum Gasteiger partial charge on any atom is -0.303 e. The van der Waals surface area contributed by atoms with E-state index in [1.54, 1.807) is 0 Å². The molecule has 3 aromatic carbocycles. The summed E-state index contributed by atoms with van der Waals surface area (Å²) in [7, 11) is 0. The van der Waals surface area contributed by atoms with Gasteiger partial charge in [0.1, 0.15) is 5.82 Å². The van der Waals surface area contributed by atoms with Crippen LogP contribution >= 0.6 is 11.6 Å². The molecule has 1 unspecified atom stereocenters. The fourth-order valence-electron chi connectivity index (χ4n) is 12.4. The molecule has 1 spiro atoms. The van der Waals surface area contributed by atoms with Crippen molar-refractivity contribution in [3.8, 4) is 5.69 Å².